The van der Waals surface area contributed by atoms with Crippen molar-refractivity contribution in [3.63, 3.8) is 0 Å². The fourth-order valence-corrected chi connectivity index (χ4v) is 7.04. The molecule has 4 unspecified atom stereocenters. The molecule has 5 nitrogen and oxygen atoms in total. The summed E-state index contributed by atoms with van der Waals surface area (Å²) in [5.41, 5.74) is 7.58. The molecule has 6 heteroatoms. The second kappa shape index (κ2) is 8.49. The summed E-state index contributed by atoms with van der Waals surface area (Å²) in [6.45, 7) is 1.75. The van der Waals surface area contributed by atoms with Gasteiger partial charge < -0.3 is 5.73 Å². The molecule has 5 rings (SSSR count). The standard InChI is InChI=1S/C25H31N3O2S/c26-24(29)19-8-4-10-22(16-19)31(30)27-17-20(18-6-2-1-3-7-18)13-15-28-23-11-5-9-21-12-14-25(21,23)28/h1-4,6-8,10,16,20-21,23,27H,5,9,11-15,17H2,(H2,26,29)/t20?,21-,23+,25?,28?,31?/m1/s1. The largest absolute Gasteiger partial charge is 0.366 e. The zero-order valence-corrected chi connectivity index (χ0v) is 18.7. The number of nitrogens with one attached hydrogen (secondary N) is 1. The van der Waals surface area contributed by atoms with Crippen molar-refractivity contribution < 1.29 is 9.00 Å². The Morgan fingerprint density at radius 2 is 2.00 bits per heavy atom. The molecule has 3 aliphatic rings. The topological polar surface area (TPSA) is 75.2 Å². The molecule has 3 fully saturated rings. The first kappa shape index (κ1) is 20.9. The summed E-state index contributed by atoms with van der Waals surface area (Å²) < 4.78 is 16.1. The predicted octanol–water partition coefficient (Wildman–Crippen LogP) is 3.59. The lowest BCUT2D eigenvalue weighted by atomic mass is 9.65. The lowest BCUT2D eigenvalue weighted by Gasteiger charge is -2.41. The van der Waals surface area contributed by atoms with E-state index in [1.54, 1.807) is 24.3 Å². The van der Waals surface area contributed by atoms with Crippen LogP contribution in [0.3, 0.4) is 0 Å². The Hall–Kier alpha value is -2.02. The van der Waals surface area contributed by atoms with E-state index in [4.69, 9.17) is 5.73 Å². The molecule has 1 aliphatic heterocycles. The average molecular weight is 438 g/mol. The van der Waals surface area contributed by atoms with Crippen LogP contribution in [0.25, 0.3) is 0 Å². The van der Waals surface area contributed by atoms with Gasteiger partial charge in [-0.15, -0.1) is 0 Å². The average Bonchev–Trinajstić information content (AvgIpc) is 3.46. The van der Waals surface area contributed by atoms with Gasteiger partial charge in [0.25, 0.3) is 0 Å². The first-order valence-electron chi connectivity index (χ1n) is 11.5. The van der Waals surface area contributed by atoms with Crippen LogP contribution in [0.1, 0.15) is 60.4 Å². The van der Waals surface area contributed by atoms with E-state index in [0.29, 0.717) is 28.5 Å². The van der Waals surface area contributed by atoms with Gasteiger partial charge in [0.2, 0.25) is 5.91 Å². The summed E-state index contributed by atoms with van der Waals surface area (Å²) in [5.74, 6) is 0.723. The molecule has 1 saturated heterocycles. The Morgan fingerprint density at radius 1 is 1.16 bits per heavy atom. The van der Waals surface area contributed by atoms with Gasteiger partial charge in [-0.2, -0.15) is 0 Å². The van der Waals surface area contributed by atoms with Crippen molar-refractivity contribution in [1.82, 2.24) is 9.62 Å². The number of rotatable bonds is 9. The highest BCUT2D eigenvalue weighted by Gasteiger charge is 2.70. The molecule has 31 heavy (non-hydrogen) atoms. The van der Waals surface area contributed by atoms with Crippen LogP contribution in [-0.4, -0.2) is 39.7 Å². The summed E-state index contributed by atoms with van der Waals surface area (Å²) in [7, 11) is -1.38. The number of amides is 1. The van der Waals surface area contributed by atoms with Gasteiger partial charge in [0.05, 0.1) is 4.90 Å². The number of likely N-dealkylation sites (tertiary alicyclic amines) is 1. The van der Waals surface area contributed by atoms with Gasteiger partial charge in [-0.1, -0.05) is 42.8 Å². The molecule has 2 aromatic rings. The lowest BCUT2D eigenvalue weighted by Crippen LogP contribution is -2.42. The fourth-order valence-electron chi connectivity index (χ4n) is 6.09. The molecule has 1 heterocycles. The summed E-state index contributed by atoms with van der Waals surface area (Å²) >= 11 is 0. The highest BCUT2D eigenvalue weighted by atomic mass is 32.2. The first-order valence-corrected chi connectivity index (χ1v) is 12.6. The van der Waals surface area contributed by atoms with E-state index in [0.717, 1.165) is 24.9 Å². The van der Waals surface area contributed by atoms with Crippen molar-refractivity contribution in [1.29, 1.82) is 0 Å². The summed E-state index contributed by atoms with van der Waals surface area (Å²) in [4.78, 5) is 14.8. The first-order chi connectivity index (χ1) is 15.1. The summed E-state index contributed by atoms with van der Waals surface area (Å²) in [6, 6.07) is 18.1. The smallest absolute Gasteiger partial charge is 0.248 e. The van der Waals surface area contributed by atoms with E-state index < -0.39 is 16.9 Å². The van der Waals surface area contributed by atoms with Crippen molar-refractivity contribution >= 4 is 16.9 Å². The number of nitrogens with two attached hydrogens (primary N) is 1. The maximum Gasteiger partial charge on any atom is 0.248 e. The quantitative estimate of drug-likeness (QED) is 0.589. The van der Waals surface area contributed by atoms with Gasteiger partial charge in [0.15, 0.2) is 0 Å². The van der Waals surface area contributed by atoms with Crippen molar-refractivity contribution in [2.45, 2.75) is 60.9 Å². The SMILES string of the molecule is NC(=O)c1cccc(S(=O)NCC(CCN2[C@H]3CCC[C@@H]4CCC432)c2ccccc2)c1. The molecule has 3 N–H and O–H groups in total. The maximum absolute atomic E-state index is 12.9. The Morgan fingerprint density at radius 3 is 2.71 bits per heavy atom. The summed E-state index contributed by atoms with van der Waals surface area (Å²) in [5, 5.41) is 0. The van der Waals surface area contributed by atoms with Crippen molar-refractivity contribution in [3.8, 4) is 0 Å². The van der Waals surface area contributed by atoms with Crippen LogP contribution in [-0.2, 0) is 11.0 Å². The normalized spacial score (nSPS) is 30.4. The van der Waals surface area contributed by atoms with Crippen LogP contribution < -0.4 is 10.5 Å². The monoisotopic (exact) mass is 437 g/mol. The molecular formula is C25H31N3O2S. The Bertz CT molecular complexity index is 982. The minimum Gasteiger partial charge on any atom is -0.366 e. The van der Waals surface area contributed by atoms with E-state index in [1.165, 1.54) is 37.7 Å². The van der Waals surface area contributed by atoms with E-state index in [1.807, 2.05) is 6.07 Å². The molecule has 0 radical (unpaired) electrons. The number of nitrogens with zero attached hydrogens (tertiary/aromatic N) is 1. The second-order valence-corrected chi connectivity index (χ2v) is 10.6. The zero-order chi connectivity index (χ0) is 21.4. The van der Waals surface area contributed by atoms with Crippen LogP contribution in [0.15, 0.2) is 59.5 Å². The highest BCUT2D eigenvalue weighted by Crippen LogP contribution is 2.64. The third-order valence-electron chi connectivity index (χ3n) is 7.83. The highest BCUT2D eigenvalue weighted by molar-refractivity contribution is 7.83. The number of carbonyl (C=O) groups is 1. The molecular weight excluding hydrogens is 406 g/mol. The molecule has 1 spiro atoms. The van der Waals surface area contributed by atoms with Gasteiger partial charge in [-0.05, 0) is 74.2 Å². The third-order valence-corrected chi connectivity index (χ3v) is 8.94. The van der Waals surface area contributed by atoms with E-state index >= 15 is 0 Å². The third kappa shape index (κ3) is 3.86. The second-order valence-electron chi connectivity index (χ2n) is 9.27. The molecule has 1 amide bonds. The minimum atomic E-state index is -1.38. The van der Waals surface area contributed by atoms with Crippen molar-refractivity contribution in [2.24, 2.45) is 11.7 Å². The van der Waals surface area contributed by atoms with E-state index in [2.05, 4.69) is 33.9 Å². The fraction of sp³-hybridized carbons (Fsp3) is 0.480. The van der Waals surface area contributed by atoms with Gasteiger partial charge in [-0.25, -0.2) is 8.93 Å². The molecule has 2 saturated carbocycles. The van der Waals surface area contributed by atoms with Crippen LogP contribution in [0.2, 0.25) is 0 Å². The number of primary amides is 1. The van der Waals surface area contributed by atoms with Gasteiger partial charge in [-0.3, -0.25) is 9.69 Å². The van der Waals surface area contributed by atoms with E-state index in [9.17, 15) is 9.00 Å². The number of carbonyl (C=O) groups excluding carboxylic acids is 1. The number of hydrogen-bond donors (Lipinski definition) is 2. The molecule has 0 aromatic heterocycles. The Labute approximate surface area is 187 Å². The van der Waals surface area contributed by atoms with Crippen LogP contribution in [0, 0.1) is 5.92 Å². The maximum atomic E-state index is 12.9. The Balaban J connectivity index is 1.24. The predicted molar refractivity (Wildman–Crippen MR) is 123 cm³/mol. The lowest BCUT2D eigenvalue weighted by molar-refractivity contribution is 0.1000. The van der Waals surface area contributed by atoms with Crippen LogP contribution in [0.5, 0.6) is 0 Å². The van der Waals surface area contributed by atoms with Crippen LogP contribution >= 0.6 is 0 Å². The zero-order valence-electron chi connectivity index (χ0n) is 17.8. The van der Waals surface area contributed by atoms with Gasteiger partial charge in [0, 0.05) is 23.7 Å². The van der Waals surface area contributed by atoms with E-state index in [-0.39, 0.29) is 0 Å². The Kier molecular flexibility index (Phi) is 5.71. The minimum absolute atomic E-state index is 0.294. The number of hydrogen-bond acceptors (Lipinski definition) is 3. The molecule has 2 aliphatic carbocycles. The van der Waals surface area contributed by atoms with Crippen molar-refractivity contribution in [2.75, 3.05) is 13.1 Å². The molecule has 6 atom stereocenters. The van der Waals surface area contributed by atoms with Crippen molar-refractivity contribution in [3.05, 3.63) is 65.7 Å². The molecule has 2 aromatic carbocycles. The van der Waals surface area contributed by atoms with Gasteiger partial charge >= 0.3 is 0 Å². The van der Waals surface area contributed by atoms with Gasteiger partial charge in [0.1, 0.15) is 11.0 Å². The molecule has 164 valence electrons. The molecule has 0 bridgehead atoms. The number of benzene rings is 2. The van der Waals surface area contributed by atoms with Crippen LogP contribution in [0.4, 0.5) is 0 Å². The summed E-state index contributed by atoms with van der Waals surface area (Å²) in [6.07, 6.45) is 8.03.